The van der Waals surface area contributed by atoms with Crippen LogP contribution >= 0.6 is 0 Å². The fraction of sp³-hybridized carbons (Fsp3) is 0. The van der Waals surface area contributed by atoms with Crippen molar-refractivity contribution >= 4 is 60.7 Å². The molecule has 2 aromatic heterocycles. The number of nitrogens with zero attached hydrogens (tertiary/aromatic N) is 3. The highest BCUT2D eigenvalue weighted by molar-refractivity contribution is 6.11. The molecule has 0 saturated carbocycles. The van der Waals surface area contributed by atoms with Crippen LogP contribution in [0.15, 0.2) is 224 Å². The van der Waals surface area contributed by atoms with E-state index in [9.17, 15) is 0 Å². The first-order chi connectivity index (χ1) is 28.3. The van der Waals surface area contributed by atoms with Crippen LogP contribution in [0.2, 0.25) is 0 Å². The van der Waals surface area contributed by atoms with Crippen LogP contribution in [0.25, 0.3) is 77.2 Å². The maximum Gasteiger partial charge on any atom is 0.0561 e. The first-order valence-electron chi connectivity index (χ1n) is 19.5. The second-order valence-corrected chi connectivity index (χ2v) is 14.6. The Hall–Kier alpha value is -7.62. The Balaban J connectivity index is 1.06. The van der Waals surface area contributed by atoms with E-state index in [1.54, 1.807) is 0 Å². The summed E-state index contributed by atoms with van der Waals surface area (Å²) in [5.74, 6) is 0. The molecule has 0 N–H and O–H groups in total. The van der Waals surface area contributed by atoms with Crippen molar-refractivity contribution in [3.05, 3.63) is 224 Å². The summed E-state index contributed by atoms with van der Waals surface area (Å²) < 4.78 is 4.79. The van der Waals surface area contributed by atoms with Crippen molar-refractivity contribution in [3.8, 4) is 33.6 Å². The van der Waals surface area contributed by atoms with Crippen LogP contribution in [0.1, 0.15) is 0 Å². The van der Waals surface area contributed by atoms with Crippen molar-refractivity contribution in [2.45, 2.75) is 0 Å². The molecule has 0 fully saturated rings. The maximum absolute atomic E-state index is 2.41. The largest absolute Gasteiger partial charge is 0.310 e. The summed E-state index contributed by atoms with van der Waals surface area (Å²) in [4.78, 5) is 2.38. The molecule has 0 saturated heterocycles. The van der Waals surface area contributed by atoms with Gasteiger partial charge in [-0.2, -0.15) is 0 Å². The predicted molar refractivity (Wildman–Crippen MR) is 241 cm³/mol. The molecule has 2 heterocycles. The first kappa shape index (κ1) is 32.8. The van der Waals surface area contributed by atoms with Gasteiger partial charge in [-0.3, -0.25) is 0 Å². The number of benzene rings is 9. The molecular weight excluding hydrogens is 691 g/mol. The molecule has 3 heteroatoms. The van der Waals surface area contributed by atoms with Gasteiger partial charge in [0.1, 0.15) is 0 Å². The van der Waals surface area contributed by atoms with Crippen LogP contribution in [0.4, 0.5) is 17.1 Å². The average Bonchev–Trinajstić information content (AvgIpc) is 3.80. The topological polar surface area (TPSA) is 13.1 Å². The molecule has 0 bridgehead atoms. The van der Waals surface area contributed by atoms with Gasteiger partial charge in [-0.25, -0.2) is 0 Å². The Morgan fingerprint density at radius 3 is 1.37 bits per heavy atom. The lowest BCUT2D eigenvalue weighted by Crippen LogP contribution is -2.10. The van der Waals surface area contributed by atoms with E-state index in [2.05, 4.69) is 238 Å². The monoisotopic (exact) mass is 727 g/mol. The fourth-order valence-electron chi connectivity index (χ4n) is 8.66. The Bertz CT molecular complexity index is 3210. The Labute approximate surface area is 331 Å². The molecule has 0 atom stereocenters. The minimum atomic E-state index is 1.09. The highest BCUT2D eigenvalue weighted by atomic mass is 15.1. The number of rotatable bonds is 7. The van der Waals surface area contributed by atoms with E-state index in [4.69, 9.17) is 0 Å². The van der Waals surface area contributed by atoms with E-state index < -0.39 is 0 Å². The van der Waals surface area contributed by atoms with Gasteiger partial charge in [-0.15, -0.1) is 0 Å². The van der Waals surface area contributed by atoms with Gasteiger partial charge in [0, 0.05) is 50.0 Å². The van der Waals surface area contributed by atoms with Gasteiger partial charge in [0.05, 0.1) is 22.1 Å². The highest BCUT2D eigenvalue weighted by Crippen LogP contribution is 2.41. The zero-order chi connectivity index (χ0) is 37.7. The second kappa shape index (κ2) is 13.6. The summed E-state index contributed by atoms with van der Waals surface area (Å²) in [6.07, 6.45) is 0. The lowest BCUT2D eigenvalue weighted by molar-refractivity contribution is 1.18. The average molecular weight is 728 g/mol. The normalized spacial score (nSPS) is 11.5. The Kier molecular flexibility index (Phi) is 7.82. The molecule has 11 aromatic rings. The Morgan fingerprint density at radius 2 is 0.684 bits per heavy atom. The van der Waals surface area contributed by atoms with Gasteiger partial charge in [-0.1, -0.05) is 146 Å². The smallest absolute Gasteiger partial charge is 0.0561 e. The van der Waals surface area contributed by atoms with Crippen LogP contribution in [-0.2, 0) is 0 Å². The number of aromatic nitrogens is 2. The molecule has 11 rings (SSSR count). The molecular formula is C54H37N3. The fourth-order valence-corrected chi connectivity index (χ4v) is 8.66. The van der Waals surface area contributed by atoms with Crippen LogP contribution in [0.3, 0.4) is 0 Å². The van der Waals surface area contributed by atoms with E-state index in [0.717, 1.165) is 39.5 Å². The van der Waals surface area contributed by atoms with Crippen LogP contribution in [-0.4, -0.2) is 9.13 Å². The van der Waals surface area contributed by atoms with Crippen molar-refractivity contribution in [1.29, 1.82) is 0 Å². The minimum absolute atomic E-state index is 1.09. The lowest BCUT2D eigenvalue weighted by Gasteiger charge is -2.26. The number of fused-ring (bicyclic) bond motifs is 6. The number of hydrogen-bond acceptors (Lipinski definition) is 1. The van der Waals surface area contributed by atoms with Crippen molar-refractivity contribution < 1.29 is 0 Å². The molecule has 57 heavy (non-hydrogen) atoms. The lowest BCUT2D eigenvalue weighted by atomic mass is 10.0. The van der Waals surface area contributed by atoms with E-state index in [1.165, 1.54) is 54.8 Å². The number of hydrogen-bond donors (Lipinski definition) is 0. The first-order valence-corrected chi connectivity index (χ1v) is 19.5. The summed E-state index contributed by atoms with van der Waals surface area (Å²) in [7, 11) is 0. The SMILES string of the molecule is c1ccc(-c2ccc(-n3c4ccccc4c4ccc(N(c5ccccc5)c5cccc(-c6ccc7c8ccccc8n(-c8ccccc8)c7c6)c5)cc43)cc2)cc1. The number of anilines is 3. The van der Waals surface area contributed by atoms with E-state index in [1.807, 2.05) is 0 Å². The molecule has 0 unspecified atom stereocenters. The van der Waals surface area contributed by atoms with Crippen LogP contribution in [0.5, 0.6) is 0 Å². The molecule has 268 valence electrons. The molecule has 3 nitrogen and oxygen atoms in total. The van der Waals surface area contributed by atoms with Gasteiger partial charge >= 0.3 is 0 Å². The third kappa shape index (κ3) is 5.60. The van der Waals surface area contributed by atoms with Gasteiger partial charge in [0.25, 0.3) is 0 Å². The summed E-state index contributed by atoms with van der Waals surface area (Å²) in [5, 5.41) is 4.97. The quantitative estimate of drug-likeness (QED) is 0.159. The van der Waals surface area contributed by atoms with Crippen molar-refractivity contribution in [1.82, 2.24) is 9.13 Å². The molecule has 0 aliphatic rings. The Morgan fingerprint density at radius 1 is 0.246 bits per heavy atom. The van der Waals surface area contributed by atoms with Gasteiger partial charge in [0.2, 0.25) is 0 Å². The summed E-state index contributed by atoms with van der Waals surface area (Å²) in [5.41, 5.74) is 15.1. The van der Waals surface area contributed by atoms with Crippen LogP contribution < -0.4 is 4.90 Å². The van der Waals surface area contributed by atoms with Crippen molar-refractivity contribution in [2.24, 2.45) is 0 Å². The van der Waals surface area contributed by atoms with Crippen molar-refractivity contribution in [3.63, 3.8) is 0 Å². The predicted octanol–water partition coefficient (Wildman–Crippen LogP) is 14.7. The van der Waals surface area contributed by atoms with Gasteiger partial charge in [-0.05, 0) is 101 Å². The summed E-state index contributed by atoms with van der Waals surface area (Å²) in [6, 6.07) is 81.1. The molecule has 0 spiro atoms. The zero-order valence-electron chi connectivity index (χ0n) is 31.2. The van der Waals surface area contributed by atoms with Crippen molar-refractivity contribution in [2.75, 3.05) is 4.90 Å². The van der Waals surface area contributed by atoms with E-state index >= 15 is 0 Å². The van der Waals surface area contributed by atoms with Gasteiger partial charge in [0.15, 0.2) is 0 Å². The van der Waals surface area contributed by atoms with Crippen LogP contribution in [0, 0.1) is 0 Å². The standard InChI is InChI=1S/C54H37N3/c1-4-15-38(16-5-1)39-27-30-44(31-28-39)57-52-26-13-11-24-48(52)50-34-32-46(37-54(50)57)55(42-18-6-2-7-19-42)45-22-14-17-40(35-45)41-29-33-49-47-23-10-12-25-51(47)56(53(49)36-41)43-20-8-3-9-21-43/h1-37H. The van der Waals surface area contributed by atoms with E-state index in [0.29, 0.717) is 0 Å². The van der Waals surface area contributed by atoms with Gasteiger partial charge < -0.3 is 14.0 Å². The minimum Gasteiger partial charge on any atom is -0.310 e. The summed E-state index contributed by atoms with van der Waals surface area (Å²) >= 11 is 0. The van der Waals surface area contributed by atoms with E-state index in [-0.39, 0.29) is 0 Å². The highest BCUT2D eigenvalue weighted by Gasteiger charge is 2.19. The maximum atomic E-state index is 2.41. The third-order valence-corrected chi connectivity index (χ3v) is 11.3. The molecule has 0 aliphatic heterocycles. The molecule has 0 aliphatic carbocycles. The second-order valence-electron chi connectivity index (χ2n) is 14.6. The number of para-hydroxylation sites is 4. The third-order valence-electron chi connectivity index (χ3n) is 11.3. The molecule has 0 radical (unpaired) electrons. The molecule has 0 amide bonds. The molecule has 9 aromatic carbocycles. The zero-order valence-corrected chi connectivity index (χ0v) is 31.2. The summed E-state index contributed by atoms with van der Waals surface area (Å²) in [6.45, 7) is 0.